The van der Waals surface area contributed by atoms with Gasteiger partial charge in [0.05, 0.1) is 0 Å². The lowest BCUT2D eigenvalue weighted by Crippen LogP contribution is -2.20. The maximum absolute atomic E-state index is 6.05. The summed E-state index contributed by atoms with van der Waals surface area (Å²) in [4.78, 5) is 0. The summed E-state index contributed by atoms with van der Waals surface area (Å²) in [6, 6.07) is 4.98. The average Bonchev–Trinajstić information content (AvgIpc) is 2.22. The first-order chi connectivity index (χ1) is 7.54. The van der Waals surface area contributed by atoms with Crippen molar-refractivity contribution in [1.82, 2.24) is 0 Å². The van der Waals surface area contributed by atoms with Crippen LogP contribution in [0.5, 0.6) is 0 Å². The van der Waals surface area contributed by atoms with Crippen LogP contribution in [0.4, 0.5) is 0 Å². The molecule has 1 nitrogen and oxygen atoms in total. The molecule has 0 spiro atoms. The molecule has 1 aromatic rings. The first kappa shape index (κ1) is 13.2. The van der Waals surface area contributed by atoms with Crippen LogP contribution in [0.1, 0.15) is 48.4 Å². The van der Waals surface area contributed by atoms with Crippen LogP contribution in [-0.4, -0.2) is 6.04 Å². The predicted molar refractivity (Wildman–Crippen MR) is 71.9 cm³/mol. The lowest BCUT2D eigenvalue weighted by Gasteiger charge is -2.13. The summed E-state index contributed by atoms with van der Waals surface area (Å²) >= 11 is 0. The van der Waals surface area contributed by atoms with E-state index < -0.39 is 0 Å². The summed E-state index contributed by atoms with van der Waals surface area (Å²) in [5.74, 6) is 0. The van der Waals surface area contributed by atoms with Gasteiger partial charge in [-0.15, -0.1) is 0 Å². The number of nitrogens with two attached hydrogens (primary N) is 1. The van der Waals surface area contributed by atoms with Crippen molar-refractivity contribution in [2.75, 3.05) is 0 Å². The Bertz CT molecular complexity index is 342. The van der Waals surface area contributed by atoms with Crippen molar-refractivity contribution >= 4 is 0 Å². The molecule has 1 unspecified atom stereocenters. The second-order valence-electron chi connectivity index (χ2n) is 4.95. The van der Waals surface area contributed by atoms with E-state index in [4.69, 9.17) is 5.73 Å². The lowest BCUT2D eigenvalue weighted by atomic mass is 9.95. The summed E-state index contributed by atoms with van der Waals surface area (Å²) < 4.78 is 0. The number of aryl methyl sites for hydroxylation is 4. The molecule has 0 saturated heterocycles. The zero-order valence-corrected chi connectivity index (χ0v) is 11.1. The Morgan fingerprint density at radius 3 is 2.25 bits per heavy atom. The van der Waals surface area contributed by atoms with Crippen LogP contribution >= 0.6 is 0 Å². The van der Waals surface area contributed by atoms with E-state index in [0.29, 0.717) is 6.04 Å². The molecule has 1 heteroatoms. The van der Waals surface area contributed by atoms with Crippen molar-refractivity contribution in [3.8, 4) is 0 Å². The van der Waals surface area contributed by atoms with Crippen molar-refractivity contribution in [2.45, 2.75) is 59.4 Å². The van der Waals surface area contributed by atoms with Gasteiger partial charge in [-0.3, -0.25) is 0 Å². The van der Waals surface area contributed by atoms with Crippen LogP contribution in [0, 0.1) is 20.8 Å². The smallest absolute Gasteiger partial charge is 0.00418 e. The zero-order chi connectivity index (χ0) is 12.1. The van der Waals surface area contributed by atoms with Crippen molar-refractivity contribution in [2.24, 2.45) is 5.73 Å². The van der Waals surface area contributed by atoms with E-state index in [0.717, 1.165) is 19.3 Å². The molecule has 0 aliphatic rings. The molecule has 0 aromatic heterocycles. The number of benzene rings is 1. The highest BCUT2D eigenvalue weighted by atomic mass is 14.6. The van der Waals surface area contributed by atoms with Gasteiger partial charge in [0.1, 0.15) is 0 Å². The Kier molecular flexibility index (Phi) is 5.01. The minimum Gasteiger partial charge on any atom is -0.328 e. The largest absolute Gasteiger partial charge is 0.328 e. The Hall–Kier alpha value is -0.820. The topological polar surface area (TPSA) is 26.0 Å². The van der Waals surface area contributed by atoms with Crippen LogP contribution in [0.2, 0.25) is 0 Å². The van der Waals surface area contributed by atoms with Crippen molar-refractivity contribution in [3.63, 3.8) is 0 Å². The Balaban J connectivity index is 2.63. The highest BCUT2D eigenvalue weighted by molar-refractivity contribution is 5.36. The summed E-state index contributed by atoms with van der Waals surface area (Å²) in [5.41, 5.74) is 11.7. The summed E-state index contributed by atoms with van der Waals surface area (Å²) in [6.07, 6.45) is 4.56. The molecular weight excluding hydrogens is 194 g/mol. The first-order valence-corrected chi connectivity index (χ1v) is 6.37. The van der Waals surface area contributed by atoms with Gasteiger partial charge in [-0.25, -0.2) is 0 Å². The second-order valence-corrected chi connectivity index (χ2v) is 4.95. The van der Waals surface area contributed by atoms with Gasteiger partial charge in [-0.05, 0) is 62.3 Å². The van der Waals surface area contributed by atoms with Crippen LogP contribution in [0.3, 0.4) is 0 Å². The number of hydrogen-bond donors (Lipinski definition) is 1. The van der Waals surface area contributed by atoms with Gasteiger partial charge in [-0.2, -0.15) is 0 Å². The zero-order valence-electron chi connectivity index (χ0n) is 11.1. The molecule has 0 fully saturated rings. The Morgan fingerprint density at radius 1 is 1.00 bits per heavy atom. The normalized spacial score (nSPS) is 12.8. The quantitative estimate of drug-likeness (QED) is 0.803. The number of rotatable bonds is 5. The van der Waals surface area contributed by atoms with Crippen LogP contribution in [-0.2, 0) is 6.42 Å². The fourth-order valence-electron chi connectivity index (χ4n) is 2.15. The van der Waals surface area contributed by atoms with Gasteiger partial charge in [0.15, 0.2) is 0 Å². The molecule has 0 bridgehead atoms. The molecule has 0 saturated carbocycles. The lowest BCUT2D eigenvalue weighted by molar-refractivity contribution is 0.560. The highest BCUT2D eigenvalue weighted by Crippen LogP contribution is 2.17. The van der Waals surface area contributed by atoms with E-state index in [-0.39, 0.29) is 0 Å². The molecule has 1 rings (SSSR count). The van der Waals surface area contributed by atoms with Gasteiger partial charge < -0.3 is 5.73 Å². The molecule has 0 aliphatic carbocycles. The summed E-state index contributed by atoms with van der Waals surface area (Å²) in [6.45, 7) is 8.76. The van der Waals surface area contributed by atoms with Gasteiger partial charge in [0.2, 0.25) is 0 Å². The highest BCUT2D eigenvalue weighted by Gasteiger charge is 2.05. The number of hydrogen-bond acceptors (Lipinski definition) is 1. The Morgan fingerprint density at radius 2 is 1.62 bits per heavy atom. The molecule has 16 heavy (non-hydrogen) atoms. The first-order valence-electron chi connectivity index (χ1n) is 6.37. The fourth-order valence-corrected chi connectivity index (χ4v) is 2.15. The molecular formula is C15H25N. The second kappa shape index (κ2) is 6.05. The maximum atomic E-state index is 6.05. The predicted octanol–water partition coefficient (Wildman–Crippen LogP) is 3.67. The minimum absolute atomic E-state index is 0.367. The van der Waals surface area contributed by atoms with E-state index in [1.807, 2.05) is 0 Å². The molecule has 90 valence electrons. The average molecular weight is 219 g/mol. The van der Waals surface area contributed by atoms with Crippen LogP contribution in [0.15, 0.2) is 12.1 Å². The van der Waals surface area contributed by atoms with E-state index in [1.54, 1.807) is 0 Å². The standard InChI is InChI=1S/C15H25N/c1-5-6-15(16)8-7-14-10-12(3)11(2)9-13(14)4/h9-10,15H,5-8,16H2,1-4H3. The van der Waals surface area contributed by atoms with Gasteiger partial charge in [-0.1, -0.05) is 25.5 Å². The summed E-state index contributed by atoms with van der Waals surface area (Å²) in [5, 5.41) is 0. The molecule has 0 heterocycles. The van der Waals surface area contributed by atoms with Crippen molar-refractivity contribution < 1.29 is 0 Å². The van der Waals surface area contributed by atoms with E-state index in [2.05, 4.69) is 39.8 Å². The monoisotopic (exact) mass is 219 g/mol. The van der Waals surface area contributed by atoms with Crippen LogP contribution in [0.25, 0.3) is 0 Å². The maximum Gasteiger partial charge on any atom is 0.00418 e. The van der Waals surface area contributed by atoms with Gasteiger partial charge in [0.25, 0.3) is 0 Å². The van der Waals surface area contributed by atoms with Crippen LogP contribution < -0.4 is 5.73 Å². The fraction of sp³-hybridized carbons (Fsp3) is 0.600. The molecule has 1 atom stereocenters. The van der Waals surface area contributed by atoms with E-state index >= 15 is 0 Å². The van der Waals surface area contributed by atoms with E-state index in [9.17, 15) is 0 Å². The third-order valence-electron chi connectivity index (χ3n) is 3.40. The molecule has 0 radical (unpaired) electrons. The minimum atomic E-state index is 0.367. The molecule has 1 aromatic carbocycles. The summed E-state index contributed by atoms with van der Waals surface area (Å²) in [7, 11) is 0. The van der Waals surface area contributed by atoms with Gasteiger partial charge >= 0.3 is 0 Å². The molecule has 2 N–H and O–H groups in total. The Labute approximate surface area is 100 Å². The molecule has 0 amide bonds. The SMILES string of the molecule is CCCC(N)CCc1cc(C)c(C)cc1C. The molecule has 0 aliphatic heterocycles. The third kappa shape index (κ3) is 3.64. The van der Waals surface area contributed by atoms with E-state index in [1.165, 1.54) is 28.7 Å². The van der Waals surface area contributed by atoms with Crippen molar-refractivity contribution in [1.29, 1.82) is 0 Å². The van der Waals surface area contributed by atoms with Gasteiger partial charge in [0, 0.05) is 6.04 Å². The van der Waals surface area contributed by atoms with Crippen molar-refractivity contribution in [3.05, 3.63) is 34.4 Å². The third-order valence-corrected chi connectivity index (χ3v) is 3.40.